The molecule has 210 valence electrons. The predicted octanol–water partition coefficient (Wildman–Crippen LogP) is 3.73. The van der Waals surface area contributed by atoms with Crippen LogP contribution in [0.5, 0.6) is 0 Å². The largest absolute Gasteiger partial charge is 0.445 e. The van der Waals surface area contributed by atoms with Crippen molar-refractivity contribution >= 4 is 12.0 Å². The highest BCUT2D eigenvalue weighted by Gasteiger charge is 2.36. The minimum Gasteiger partial charge on any atom is -0.445 e. The van der Waals surface area contributed by atoms with Gasteiger partial charge in [0.2, 0.25) is 5.91 Å². The van der Waals surface area contributed by atoms with Gasteiger partial charge in [0.25, 0.3) is 0 Å². The van der Waals surface area contributed by atoms with Crippen molar-refractivity contribution in [1.82, 2.24) is 25.4 Å². The van der Waals surface area contributed by atoms with E-state index in [4.69, 9.17) is 4.74 Å². The topological polar surface area (TPSA) is 86.8 Å². The van der Waals surface area contributed by atoms with Crippen LogP contribution < -0.4 is 10.6 Å². The lowest BCUT2D eigenvalue weighted by atomic mass is 9.88. The van der Waals surface area contributed by atoms with Crippen LogP contribution >= 0.6 is 0 Å². The van der Waals surface area contributed by atoms with Crippen molar-refractivity contribution < 1.29 is 14.3 Å². The number of rotatable bonds is 9. The second-order valence-corrected chi connectivity index (χ2v) is 10.6. The molecule has 0 bridgehead atoms. The Kier molecular flexibility index (Phi) is 9.77. The van der Waals surface area contributed by atoms with Gasteiger partial charge in [-0.3, -0.25) is 9.78 Å². The summed E-state index contributed by atoms with van der Waals surface area (Å²) in [5.74, 6) is 0.0650. The van der Waals surface area contributed by atoms with Crippen LogP contribution in [0.4, 0.5) is 4.79 Å². The molecule has 2 aliphatic heterocycles. The molecule has 2 fully saturated rings. The number of piperidine rings is 1. The summed E-state index contributed by atoms with van der Waals surface area (Å²) in [6.45, 7) is 5.70. The first kappa shape index (κ1) is 27.8. The Labute approximate surface area is 236 Å². The van der Waals surface area contributed by atoms with Gasteiger partial charge in [-0.15, -0.1) is 0 Å². The number of benzene rings is 2. The van der Waals surface area contributed by atoms with Gasteiger partial charge in [-0.2, -0.15) is 0 Å². The van der Waals surface area contributed by atoms with Crippen LogP contribution in [0.3, 0.4) is 0 Å². The summed E-state index contributed by atoms with van der Waals surface area (Å²) in [6, 6.07) is 23.5. The maximum absolute atomic E-state index is 13.6. The monoisotopic (exact) mass is 541 g/mol. The summed E-state index contributed by atoms with van der Waals surface area (Å²) >= 11 is 0. The molecule has 1 aromatic heterocycles. The molecule has 3 aromatic rings. The summed E-state index contributed by atoms with van der Waals surface area (Å²) < 4.78 is 5.49. The van der Waals surface area contributed by atoms with Crippen molar-refractivity contribution in [2.24, 2.45) is 5.92 Å². The first-order valence-corrected chi connectivity index (χ1v) is 14.4. The van der Waals surface area contributed by atoms with Gasteiger partial charge in [-0.25, -0.2) is 4.79 Å². The van der Waals surface area contributed by atoms with E-state index >= 15 is 0 Å². The third kappa shape index (κ3) is 7.46. The zero-order chi connectivity index (χ0) is 27.6. The van der Waals surface area contributed by atoms with Gasteiger partial charge >= 0.3 is 6.09 Å². The molecule has 2 N–H and O–H groups in total. The van der Waals surface area contributed by atoms with E-state index in [1.165, 1.54) is 11.1 Å². The number of carbonyl (C=O) groups excluding carboxylic acids is 2. The van der Waals surface area contributed by atoms with E-state index in [9.17, 15) is 9.59 Å². The molecule has 5 rings (SSSR count). The molecule has 3 heterocycles. The standard InChI is InChI=1S/C32H39N5O3/c38-31(37-22-17-33-18-23-37)30(35-32(39)40-24-25-8-3-1-4-9-25)27-13-19-36(20-14-27)21-15-29-28(12-7-16-34-29)26-10-5-2-6-11-26/h1-12,16,27,30,33H,13-15,17-24H2,(H,35,39)/t30-/m1/s1. The molecule has 0 spiro atoms. The molecule has 40 heavy (non-hydrogen) atoms. The van der Waals surface area contributed by atoms with Crippen molar-refractivity contribution in [2.75, 3.05) is 45.8 Å². The molecule has 0 aliphatic carbocycles. The number of aromatic nitrogens is 1. The fourth-order valence-corrected chi connectivity index (χ4v) is 5.65. The normalized spacial score (nSPS) is 17.2. The van der Waals surface area contributed by atoms with Crippen LogP contribution in [0.2, 0.25) is 0 Å². The van der Waals surface area contributed by atoms with E-state index in [0.717, 1.165) is 63.2 Å². The number of carbonyl (C=O) groups is 2. The van der Waals surface area contributed by atoms with Crippen LogP contribution in [-0.2, 0) is 22.6 Å². The highest BCUT2D eigenvalue weighted by molar-refractivity contribution is 5.86. The fraction of sp³-hybridized carbons (Fsp3) is 0.406. The number of piperazine rings is 1. The number of hydrogen-bond donors (Lipinski definition) is 2. The van der Waals surface area contributed by atoms with Crippen molar-refractivity contribution in [2.45, 2.75) is 31.9 Å². The molecule has 0 radical (unpaired) electrons. The summed E-state index contributed by atoms with van der Waals surface area (Å²) in [7, 11) is 0. The quantitative estimate of drug-likeness (QED) is 0.429. The number of hydrogen-bond acceptors (Lipinski definition) is 6. The summed E-state index contributed by atoms with van der Waals surface area (Å²) in [4.78, 5) is 35.4. The predicted molar refractivity (Wildman–Crippen MR) is 156 cm³/mol. The first-order chi connectivity index (χ1) is 19.7. The average Bonchev–Trinajstić information content (AvgIpc) is 3.03. The summed E-state index contributed by atoms with van der Waals surface area (Å²) in [6.07, 6.45) is 3.87. The molecular formula is C32H39N5O3. The first-order valence-electron chi connectivity index (χ1n) is 14.4. The molecule has 8 heteroatoms. The maximum atomic E-state index is 13.6. The SMILES string of the molecule is O=C(N[C@@H](C(=O)N1CCNCC1)C1CCN(CCc2ncccc2-c2ccccc2)CC1)OCc1ccccc1. The van der Waals surface area contributed by atoms with Crippen molar-refractivity contribution in [1.29, 1.82) is 0 Å². The Morgan fingerprint density at radius 3 is 2.35 bits per heavy atom. The summed E-state index contributed by atoms with van der Waals surface area (Å²) in [5, 5.41) is 6.25. The van der Waals surface area contributed by atoms with Crippen molar-refractivity contribution in [3.63, 3.8) is 0 Å². The Hall–Kier alpha value is -3.75. The highest BCUT2D eigenvalue weighted by Crippen LogP contribution is 2.25. The van der Waals surface area contributed by atoms with E-state index in [-0.39, 0.29) is 18.4 Å². The lowest BCUT2D eigenvalue weighted by Gasteiger charge is -2.38. The Morgan fingerprint density at radius 2 is 1.62 bits per heavy atom. The third-order valence-electron chi connectivity index (χ3n) is 7.92. The van der Waals surface area contributed by atoms with Gasteiger partial charge in [0.05, 0.1) is 0 Å². The fourth-order valence-electron chi connectivity index (χ4n) is 5.65. The molecule has 2 aromatic carbocycles. The van der Waals surface area contributed by atoms with E-state index in [1.807, 2.05) is 53.6 Å². The summed E-state index contributed by atoms with van der Waals surface area (Å²) in [5.41, 5.74) is 4.38. The van der Waals surface area contributed by atoms with E-state index in [0.29, 0.717) is 13.1 Å². The number of ether oxygens (including phenoxy) is 1. The van der Waals surface area contributed by atoms with Gasteiger partial charge in [0, 0.05) is 56.6 Å². The smallest absolute Gasteiger partial charge is 0.408 e. The van der Waals surface area contributed by atoms with Crippen LogP contribution in [0.1, 0.15) is 24.1 Å². The third-order valence-corrected chi connectivity index (χ3v) is 7.92. The molecule has 8 nitrogen and oxygen atoms in total. The Balaban J connectivity index is 1.18. The van der Waals surface area contributed by atoms with Crippen LogP contribution in [0, 0.1) is 5.92 Å². The number of pyridine rings is 1. The van der Waals surface area contributed by atoms with Gasteiger partial charge in [0.1, 0.15) is 12.6 Å². The number of amides is 2. The van der Waals surface area contributed by atoms with E-state index < -0.39 is 12.1 Å². The van der Waals surface area contributed by atoms with Crippen molar-refractivity contribution in [3.05, 3.63) is 90.3 Å². The lowest BCUT2D eigenvalue weighted by Crippen LogP contribution is -2.57. The van der Waals surface area contributed by atoms with Crippen molar-refractivity contribution in [3.8, 4) is 11.1 Å². The second-order valence-electron chi connectivity index (χ2n) is 10.6. The number of nitrogens with one attached hydrogen (secondary N) is 2. The highest BCUT2D eigenvalue weighted by atomic mass is 16.5. The second kappa shape index (κ2) is 14.1. The average molecular weight is 542 g/mol. The zero-order valence-corrected chi connectivity index (χ0v) is 23.0. The molecule has 2 amide bonds. The molecule has 0 saturated carbocycles. The number of nitrogens with zero attached hydrogens (tertiary/aromatic N) is 3. The minimum atomic E-state index is -0.580. The van der Waals surface area contributed by atoms with Crippen LogP contribution in [-0.4, -0.2) is 78.6 Å². The zero-order valence-electron chi connectivity index (χ0n) is 23.0. The Morgan fingerprint density at radius 1 is 0.925 bits per heavy atom. The van der Waals surface area contributed by atoms with Gasteiger partial charge in [0.15, 0.2) is 0 Å². The number of likely N-dealkylation sites (tertiary alicyclic amines) is 1. The van der Waals surface area contributed by atoms with E-state index in [2.05, 4.69) is 50.8 Å². The van der Waals surface area contributed by atoms with Crippen LogP contribution in [0.15, 0.2) is 79.0 Å². The maximum Gasteiger partial charge on any atom is 0.408 e. The van der Waals surface area contributed by atoms with Gasteiger partial charge in [-0.1, -0.05) is 66.7 Å². The molecule has 1 atom stereocenters. The molecule has 0 unspecified atom stereocenters. The van der Waals surface area contributed by atoms with Gasteiger partial charge in [-0.05, 0) is 49.0 Å². The van der Waals surface area contributed by atoms with Crippen LogP contribution in [0.25, 0.3) is 11.1 Å². The molecular weight excluding hydrogens is 502 g/mol. The van der Waals surface area contributed by atoms with E-state index in [1.54, 1.807) is 0 Å². The van der Waals surface area contributed by atoms with Gasteiger partial charge < -0.3 is 25.2 Å². The Bertz CT molecular complexity index is 1230. The number of alkyl carbamates (subject to hydrolysis) is 1. The minimum absolute atomic E-state index is 0.00222. The lowest BCUT2D eigenvalue weighted by molar-refractivity contribution is -0.135. The molecule has 2 saturated heterocycles. The molecule has 2 aliphatic rings.